The zero-order valence-corrected chi connectivity index (χ0v) is 18.7. The Morgan fingerprint density at radius 3 is 2.31 bits per heavy atom. The Hall–Kier alpha value is -1.89. The van der Waals surface area contributed by atoms with Crippen molar-refractivity contribution in [2.45, 2.75) is 91.4 Å². The minimum atomic E-state index is 0.291. The molecule has 0 radical (unpaired) electrons. The monoisotopic (exact) mass is 390 g/mol. The van der Waals surface area contributed by atoms with Crippen molar-refractivity contribution in [1.29, 1.82) is 0 Å². The average molecular weight is 391 g/mol. The highest BCUT2D eigenvalue weighted by Crippen LogP contribution is 2.38. The molecule has 1 unspecified atom stereocenters. The van der Waals surface area contributed by atoms with Gasteiger partial charge in [-0.15, -0.1) is 0 Å². The van der Waals surface area contributed by atoms with Gasteiger partial charge >= 0.3 is 0 Å². The van der Waals surface area contributed by atoms with Crippen molar-refractivity contribution in [2.24, 2.45) is 5.92 Å². The van der Waals surface area contributed by atoms with Crippen LogP contribution in [0.5, 0.6) is 0 Å². The van der Waals surface area contributed by atoms with Crippen molar-refractivity contribution >= 4 is 5.78 Å². The molecule has 1 heteroatoms. The maximum absolute atomic E-state index is 12.4. The summed E-state index contributed by atoms with van der Waals surface area (Å²) in [5, 5.41) is 0. The van der Waals surface area contributed by atoms with Crippen LogP contribution in [0.1, 0.15) is 106 Å². The third-order valence-electron chi connectivity index (χ3n) is 6.41. The van der Waals surface area contributed by atoms with Crippen LogP contribution in [0.2, 0.25) is 0 Å². The number of hydrogen-bond acceptors (Lipinski definition) is 1. The van der Waals surface area contributed by atoms with Gasteiger partial charge in [-0.1, -0.05) is 96.0 Å². The summed E-state index contributed by atoms with van der Waals surface area (Å²) in [6, 6.07) is 13.4. The van der Waals surface area contributed by atoms with E-state index in [0.29, 0.717) is 12.2 Å². The zero-order valence-electron chi connectivity index (χ0n) is 18.7. The highest BCUT2D eigenvalue weighted by Gasteiger charge is 2.20. The third kappa shape index (κ3) is 5.81. The summed E-state index contributed by atoms with van der Waals surface area (Å²) >= 11 is 0. The number of ketones is 1. The maximum atomic E-state index is 12.4. The molecule has 1 aliphatic rings. The lowest BCUT2D eigenvalue weighted by Gasteiger charge is -2.12. The summed E-state index contributed by atoms with van der Waals surface area (Å²) in [6.45, 7) is 6.81. The summed E-state index contributed by atoms with van der Waals surface area (Å²) in [6.07, 6.45) is 13.1. The van der Waals surface area contributed by atoms with Gasteiger partial charge in [0, 0.05) is 12.0 Å². The Morgan fingerprint density at radius 2 is 1.55 bits per heavy atom. The lowest BCUT2D eigenvalue weighted by atomic mass is 9.93. The first kappa shape index (κ1) is 21.8. The Kier molecular flexibility index (Phi) is 8.09. The van der Waals surface area contributed by atoms with E-state index in [1.165, 1.54) is 72.8 Å². The van der Waals surface area contributed by atoms with E-state index in [1.54, 1.807) is 0 Å². The predicted octanol–water partition coefficient (Wildman–Crippen LogP) is 8.17. The third-order valence-corrected chi connectivity index (χ3v) is 6.41. The molecule has 0 aliphatic heterocycles. The second kappa shape index (κ2) is 10.8. The molecule has 2 aromatic rings. The van der Waals surface area contributed by atoms with Gasteiger partial charge in [0.25, 0.3) is 0 Å². The van der Waals surface area contributed by atoms with E-state index in [0.717, 1.165) is 30.7 Å². The van der Waals surface area contributed by atoms with Gasteiger partial charge in [-0.25, -0.2) is 0 Å². The van der Waals surface area contributed by atoms with Crippen LogP contribution in [0.15, 0.2) is 36.4 Å². The van der Waals surface area contributed by atoms with Crippen LogP contribution in [-0.2, 0) is 12.8 Å². The molecule has 0 aromatic heterocycles. The molecular formula is C28H38O. The van der Waals surface area contributed by atoms with Gasteiger partial charge in [-0.3, -0.25) is 4.79 Å². The van der Waals surface area contributed by atoms with E-state index < -0.39 is 0 Å². The number of benzene rings is 2. The number of rotatable bonds is 12. The van der Waals surface area contributed by atoms with E-state index in [9.17, 15) is 4.79 Å². The summed E-state index contributed by atoms with van der Waals surface area (Å²) in [7, 11) is 0. The van der Waals surface area contributed by atoms with Crippen LogP contribution in [0.25, 0.3) is 11.1 Å². The Balaban J connectivity index is 1.60. The minimum absolute atomic E-state index is 0.291. The number of carbonyl (C=O) groups is 1. The molecule has 0 spiro atoms. The Morgan fingerprint density at radius 1 is 0.862 bits per heavy atom. The first-order valence-corrected chi connectivity index (χ1v) is 11.9. The predicted molar refractivity (Wildman–Crippen MR) is 125 cm³/mol. The molecule has 0 saturated carbocycles. The second-order valence-corrected chi connectivity index (χ2v) is 9.08. The van der Waals surface area contributed by atoms with E-state index in [1.807, 2.05) is 6.07 Å². The van der Waals surface area contributed by atoms with E-state index in [4.69, 9.17) is 0 Å². The normalized spacial score (nSPS) is 13.2. The maximum Gasteiger partial charge on any atom is 0.162 e. The summed E-state index contributed by atoms with van der Waals surface area (Å²) in [4.78, 5) is 12.4. The number of unbranched alkanes of at least 4 members (excludes halogenated alkanes) is 5. The fourth-order valence-corrected chi connectivity index (χ4v) is 4.65. The largest absolute Gasteiger partial charge is 0.294 e. The number of fused-ring (bicyclic) bond motifs is 3. The van der Waals surface area contributed by atoms with Crippen LogP contribution in [0.4, 0.5) is 0 Å². The van der Waals surface area contributed by atoms with Crippen molar-refractivity contribution in [3.05, 3.63) is 58.7 Å². The highest BCUT2D eigenvalue weighted by atomic mass is 16.1. The Labute approximate surface area is 177 Å². The fourth-order valence-electron chi connectivity index (χ4n) is 4.65. The molecule has 1 aliphatic carbocycles. The summed E-state index contributed by atoms with van der Waals surface area (Å²) in [5.41, 5.74) is 7.80. The molecule has 0 N–H and O–H groups in total. The molecule has 3 rings (SSSR count). The first-order valence-electron chi connectivity index (χ1n) is 11.9. The van der Waals surface area contributed by atoms with Crippen molar-refractivity contribution in [1.82, 2.24) is 0 Å². The molecule has 1 nitrogen and oxygen atoms in total. The Bertz CT molecular complexity index is 817. The van der Waals surface area contributed by atoms with Crippen LogP contribution in [0.3, 0.4) is 0 Å². The molecule has 156 valence electrons. The van der Waals surface area contributed by atoms with Crippen molar-refractivity contribution in [3.8, 4) is 11.1 Å². The number of carbonyl (C=O) groups excluding carboxylic acids is 1. The molecule has 29 heavy (non-hydrogen) atoms. The van der Waals surface area contributed by atoms with Crippen molar-refractivity contribution in [3.63, 3.8) is 0 Å². The van der Waals surface area contributed by atoms with Gasteiger partial charge < -0.3 is 0 Å². The lowest BCUT2D eigenvalue weighted by Crippen LogP contribution is -2.00. The van der Waals surface area contributed by atoms with Gasteiger partial charge in [0.1, 0.15) is 0 Å². The van der Waals surface area contributed by atoms with E-state index in [-0.39, 0.29) is 0 Å². The molecule has 1 atom stereocenters. The van der Waals surface area contributed by atoms with Crippen molar-refractivity contribution < 1.29 is 4.79 Å². The molecule has 0 bridgehead atoms. The number of Topliss-reactive ketones (excluding diaryl/α,β-unsaturated/α-hetero) is 1. The highest BCUT2D eigenvalue weighted by molar-refractivity contribution is 5.97. The molecular weight excluding hydrogens is 352 g/mol. The van der Waals surface area contributed by atoms with Gasteiger partial charge in [0.05, 0.1) is 0 Å². The fraction of sp³-hybridized carbons (Fsp3) is 0.536. The minimum Gasteiger partial charge on any atom is -0.294 e. The molecule has 2 aromatic carbocycles. The van der Waals surface area contributed by atoms with Crippen LogP contribution in [-0.4, -0.2) is 5.78 Å². The average Bonchev–Trinajstić information content (AvgIpc) is 3.08. The molecule has 0 heterocycles. The molecule has 0 amide bonds. The number of hydrogen-bond donors (Lipinski definition) is 0. The van der Waals surface area contributed by atoms with Crippen LogP contribution in [0, 0.1) is 5.92 Å². The zero-order chi connectivity index (χ0) is 20.6. The summed E-state index contributed by atoms with van der Waals surface area (Å²) < 4.78 is 0. The van der Waals surface area contributed by atoms with Crippen molar-refractivity contribution in [2.75, 3.05) is 0 Å². The van der Waals surface area contributed by atoms with Crippen LogP contribution >= 0.6 is 0 Å². The SMILES string of the molecule is CCCCCCCC(C)Cc1ccc2c(c1)Cc1cc(C(=O)CCCC)ccc1-2. The van der Waals surface area contributed by atoms with E-state index in [2.05, 4.69) is 51.1 Å². The molecule has 0 saturated heterocycles. The standard InChI is InChI=1S/C28H38O/c1-4-6-8-9-10-11-21(3)17-22-13-15-26-24(18-22)20-25-19-23(14-16-27(25)26)28(29)12-7-5-2/h13-16,18-19,21H,4-12,17,20H2,1-3H3. The van der Waals surface area contributed by atoms with Gasteiger partial charge in [-0.2, -0.15) is 0 Å². The van der Waals surface area contributed by atoms with Gasteiger partial charge in [0.15, 0.2) is 5.78 Å². The van der Waals surface area contributed by atoms with Gasteiger partial charge in [-0.05, 0) is 59.1 Å². The topological polar surface area (TPSA) is 17.1 Å². The summed E-state index contributed by atoms with van der Waals surface area (Å²) in [5.74, 6) is 1.04. The molecule has 0 fully saturated rings. The quantitative estimate of drug-likeness (QED) is 0.225. The van der Waals surface area contributed by atoms with Crippen LogP contribution < -0.4 is 0 Å². The van der Waals surface area contributed by atoms with E-state index >= 15 is 0 Å². The second-order valence-electron chi connectivity index (χ2n) is 9.08. The lowest BCUT2D eigenvalue weighted by molar-refractivity contribution is 0.0979. The smallest absolute Gasteiger partial charge is 0.162 e. The van der Waals surface area contributed by atoms with Gasteiger partial charge in [0.2, 0.25) is 0 Å². The first-order chi connectivity index (χ1) is 14.1.